The van der Waals surface area contributed by atoms with E-state index in [2.05, 4.69) is 28.4 Å². The molecule has 0 radical (unpaired) electrons. The van der Waals surface area contributed by atoms with Crippen LogP contribution in [0.4, 0.5) is 20.6 Å². The number of nitrogens with zero attached hydrogens (tertiary/aromatic N) is 2. The average molecular weight is 396 g/mol. The van der Waals surface area contributed by atoms with Crippen LogP contribution in [0, 0.1) is 5.82 Å². The fraction of sp³-hybridized carbons (Fsp3) is 0.0500. The lowest BCUT2D eigenvalue weighted by molar-refractivity contribution is 0.102. The van der Waals surface area contributed by atoms with Crippen LogP contribution in [0.2, 0.25) is 0 Å². The second-order valence-electron chi connectivity index (χ2n) is 5.81. The van der Waals surface area contributed by atoms with Gasteiger partial charge in [0.2, 0.25) is 0 Å². The number of amides is 3. The van der Waals surface area contributed by atoms with E-state index in [9.17, 15) is 14.0 Å². The number of carbonyl (C=O) groups is 2. The number of pyridine rings is 1. The first-order valence-corrected chi connectivity index (χ1v) is 8.76. The maximum atomic E-state index is 13.7. The lowest BCUT2D eigenvalue weighted by Crippen LogP contribution is -2.33. The van der Waals surface area contributed by atoms with Crippen molar-refractivity contribution in [1.82, 2.24) is 10.3 Å². The highest BCUT2D eigenvalue weighted by Gasteiger charge is 2.13. The predicted molar refractivity (Wildman–Crippen MR) is 109 cm³/mol. The first-order valence-electron chi connectivity index (χ1n) is 8.36. The number of thiol groups is 1. The number of urea groups is 1. The number of hydrogen-bond donors (Lipinski definition) is 3. The summed E-state index contributed by atoms with van der Waals surface area (Å²) in [5.41, 5.74) is 1.80. The van der Waals surface area contributed by atoms with E-state index in [4.69, 9.17) is 0 Å². The molecule has 0 aliphatic rings. The summed E-state index contributed by atoms with van der Waals surface area (Å²) in [6, 6.07) is 15.4. The normalized spacial score (nSPS) is 10.2. The lowest BCUT2D eigenvalue weighted by atomic mass is 10.2. The SMILES string of the molecule is O=C(Nc1ccc(N(S)C(=O)NCc2cccnc2)cc1)c1ccccc1F. The van der Waals surface area contributed by atoms with Gasteiger partial charge >= 0.3 is 6.03 Å². The number of aromatic nitrogens is 1. The minimum atomic E-state index is -0.594. The molecular weight excluding hydrogens is 379 g/mol. The monoisotopic (exact) mass is 396 g/mol. The largest absolute Gasteiger partial charge is 0.333 e. The number of hydrogen-bond acceptors (Lipinski definition) is 4. The van der Waals surface area contributed by atoms with E-state index >= 15 is 0 Å². The van der Waals surface area contributed by atoms with Crippen LogP contribution >= 0.6 is 12.8 Å². The molecule has 2 N–H and O–H groups in total. The molecule has 0 aliphatic carbocycles. The van der Waals surface area contributed by atoms with Crippen molar-refractivity contribution < 1.29 is 14.0 Å². The van der Waals surface area contributed by atoms with Crippen molar-refractivity contribution in [2.24, 2.45) is 0 Å². The summed E-state index contributed by atoms with van der Waals surface area (Å²) in [4.78, 5) is 28.3. The predicted octanol–water partition coefficient (Wildman–Crippen LogP) is 4.03. The Morgan fingerprint density at radius 1 is 1.04 bits per heavy atom. The van der Waals surface area contributed by atoms with Crippen LogP contribution in [0.3, 0.4) is 0 Å². The fourth-order valence-electron chi connectivity index (χ4n) is 2.40. The zero-order valence-corrected chi connectivity index (χ0v) is 15.6. The topological polar surface area (TPSA) is 74.3 Å². The molecule has 28 heavy (non-hydrogen) atoms. The smallest absolute Gasteiger partial charge is 0.332 e. The summed E-state index contributed by atoms with van der Waals surface area (Å²) in [7, 11) is 0. The van der Waals surface area contributed by atoms with Gasteiger partial charge in [0.15, 0.2) is 0 Å². The van der Waals surface area contributed by atoms with Gasteiger partial charge in [0.25, 0.3) is 5.91 Å². The molecule has 0 unspecified atom stereocenters. The lowest BCUT2D eigenvalue weighted by Gasteiger charge is -2.17. The fourth-order valence-corrected chi connectivity index (χ4v) is 2.61. The van der Waals surface area contributed by atoms with Gasteiger partial charge in [-0.05, 0) is 48.0 Å². The molecule has 0 saturated heterocycles. The Bertz CT molecular complexity index is 967. The van der Waals surface area contributed by atoms with Gasteiger partial charge in [-0.2, -0.15) is 0 Å². The molecule has 2 aromatic carbocycles. The van der Waals surface area contributed by atoms with Crippen LogP contribution in [0.1, 0.15) is 15.9 Å². The Kier molecular flexibility index (Phi) is 6.23. The van der Waals surface area contributed by atoms with Crippen molar-refractivity contribution in [3.8, 4) is 0 Å². The zero-order chi connectivity index (χ0) is 19.9. The highest BCUT2D eigenvalue weighted by atomic mass is 32.1. The average Bonchev–Trinajstić information content (AvgIpc) is 2.73. The van der Waals surface area contributed by atoms with E-state index < -0.39 is 17.8 Å². The van der Waals surface area contributed by atoms with Crippen molar-refractivity contribution in [2.75, 3.05) is 9.62 Å². The van der Waals surface area contributed by atoms with E-state index in [1.807, 2.05) is 6.07 Å². The van der Waals surface area contributed by atoms with Gasteiger partial charge in [0, 0.05) is 24.6 Å². The van der Waals surface area contributed by atoms with Crippen molar-refractivity contribution in [3.05, 3.63) is 90.0 Å². The van der Waals surface area contributed by atoms with Crippen molar-refractivity contribution in [1.29, 1.82) is 0 Å². The summed E-state index contributed by atoms with van der Waals surface area (Å²) < 4.78 is 14.8. The van der Waals surface area contributed by atoms with Crippen molar-refractivity contribution in [3.63, 3.8) is 0 Å². The van der Waals surface area contributed by atoms with Gasteiger partial charge in [0.05, 0.1) is 11.3 Å². The molecule has 8 heteroatoms. The number of benzene rings is 2. The summed E-state index contributed by atoms with van der Waals surface area (Å²) in [5, 5.41) is 5.34. The van der Waals surface area contributed by atoms with Crippen LogP contribution in [0.25, 0.3) is 0 Å². The van der Waals surface area contributed by atoms with Gasteiger partial charge in [-0.25, -0.2) is 13.5 Å². The molecule has 142 valence electrons. The minimum absolute atomic E-state index is 0.0443. The van der Waals surface area contributed by atoms with Gasteiger partial charge in [-0.15, -0.1) is 0 Å². The van der Waals surface area contributed by atoms with Gasteiger partial charge < -0.3 is 10.6 Å². The Morgan fingerprint density at radius 3 is 2.46 bits per heavy atom. The molecular formula is C20H17FN4O2S. The number of halogens is 1. The van der Waals surface area contributed by atoms with Crippen molar-refractivity contribution in [2.45, 2.75) is 6.54 Å². The highest BCUT2D eigenvalue weighted by molar-refractivity contribution is 7.82. The molecule has 3 amide bonds. The maximum Gasteiger partial charge on any atom is 0.332 e. The highest BCUT2D eigenvalue weighted by Crippen LogP contribution is 2.20. The van der Waals surface area contributed by atoms with Crippen LogP contribution < -0.4 is 14.9 Å². The Hall–Kier alpha value is -3.39. The Labute approximate surface area is 166 Å². The Morgan fingerprint density at radius 2 is 1.79 bits per heavy atom. The van der Waals surface area contributed by atoms with Crippen LogP contribution in [0.5, 0.6) is 0 Å². The van der Waals surface area contributed by atoms with Crippen LogP contribution in [-0.2, 0) is 6.54 Å². The number of rotatable bonds is 5. The minimum Gasteiger partial charge on any atom is -0.333 e. The Balaban J connectivity index is 1.59. The van der Waals surface area contributed by atoms with Gasteiger partial charge in [-0.1, -0.05) is 31.0 Å². The van der Waals surface area contributed by atoms with Crippen molar-refractivity contribution >= 4 is 36.1 Å². The summed E-state index contributed by atoms with van der Waals surface area (Å²) in [6.07, 6.45) is 3.32. The summed E-state index contributed by atoms with van der Waals surface area (Å²) in [6.45, 7) is 0.320. The number of carbonyl (C=O) groups excluding carboxylic acids is 2. The van der Waals surface area contributed by atoms with E-state index in [1.54, 1.807) is 48.8 Å². The second kappa shape index (κ2) is 9.01. The van der Waals surface area contributed by atoms with Crippen LogP contribution in [-0.4, -0.2) is 16.9 Å². The quantitative estimate of drug-likeness (QED) is 0.570. The molecule has 0 bridgehead atoms. The molecule has 0 atom stereocenters. The number of anilines is 2. The summed E-state index contributed by atoms with van der Waals surface area (Å²) in [5.74, 6) is -1.15. The third kappa shape index (κ3) is 4.86. The molecule has 0 spiro atoms. The molecule has 0 fully saturated rings. The van der Waals surface area contributed by atoms with E-state index in [-0.39, 0.29) is 5.56 Å². The molecule has 1 heterocycles. The first-order chi connectivity index (χ1) is 13.5. The van der Waals surface area contributed by atoms with Gasteiger partial charge in [0.1, 0.15) is 5.82 Å². The van der Waals surface area contributed by atoms with E-state index in [1.165, 1.54) is 18.2 Å². The molecule has 1 aromatic heterocycles. The van der Waals surface area contributed by atoms with Gasteiger partial charge in [-0.3, -0.25) is 9.78 Å². The molecule has 3 rings (SSSR count). The standard InChI is InChI=1S/C20H17FN4O2S/c21-18-6-2-1-5-17(18)19(26)24-15-7-9-16(10-8-15)25(28)20(27)23-13-14-4-3-11-22-12-14/h1-12,28H,13H2,(H,23,27)(H,24,26). The number of nitrogens with one attached hydrogen (secondary N) is 2. The second-order valence-corrected chi connectivity index (χ2v) is 6.21. The molecule has 6 nitrogen and oxygen atoms in total. The van der Waals surface area contributed by atoms with E-state index in [0.717, 1.165) is 9.87 Å². The molecule has 0 aliphatic heterocycles. The third-order valence-electron chi connectivity index (χ3n) is 3.85. The molecule has 3 aromatic rings. The summed E-state index contributed by atoms with van der Waals surface area (Å²) >= 11 is 4.20. The first kappa shape index (κ1) is 19.4. The maximum absolute atomic E-state index is 13.7. The molecule has 0 saturated carbocycles. The third-order valence-corrected chi connectivity index (χ3v) is 4.26. The van der Waals surface area contributed by atoms with E-state index in [0.29, 0.717) is 17.9 Å². The van der Waals surface area contributed by atoms with Crippen LogP contribution in [0.15, 0.2) is 73.1 Å². The zero-order valence-electron chi connectivity index (χ0n) is 14.7.